The quantitative estimate of drug-likeness (QED) is 0.470. The first kappa shape index (κ1) is 15.2. The molecule has 108 valence electrons. The van der Waals surface area contributed by atoms with Gasteiger partial charge in [0.05, 0.1) is 17.6 Å². The number of morpholine rings is 1. The molecule has 0 aromatic heterocycles. The molecule has 1 saturated heterocycles. The molecule has 0 spiro atoms. The van der Waals surface area contributed by atoms with E-state index >= 15 is 0 Å². The van der Waals surface area contributed by atoms with E-state index in [4.69, 9.17) is 16.3 Å². The maximum Gasteiger partial charge on any atom is 0.283 e. The van der Waals surface area contributed by atoms with Gasteiger partial charge in [0.25, 0.3) is 11.6 Å². The molecule has 1 aromatic carbocycles. The lowest BCUT2D eigenvalue weighted by Gasteiger charge is -2.32. The predicted octanol–water partition coefficient (Wildman–Crippen LogP) is 2.48. The topological polar surface area (TPSA) is 72.7 Å². The number of hydrogen-bond donors (Lipinski definition) is 0. The highest BCUT2D eigenvalue weighted by atomic mass is 79.9. The summed E-state index contributed by atoms with van der Waals surface area (Å²) in [6.45, 7) is 1.25. The number of rotatable bonds is 3. The van der Waals surface area contributed by atoms with E-state index in [9.17, 15) is 14.9 Å². The first-order valence-corrected chi connectivity index (χ1v) is 7.43. The highest BCUT2D eigenvalue weighted by molar-refractivity contribution is 9.09. The summed E-state index contributed by atoms with van der Waals surface area (Å²) in [4.78, 5) is 24.4. The number of carbonyl (C=O) groups excluding carboxylic acids is 1. The zero-order chi connectivity index (χ0) is 14.7. The lowest BCUT2D eigenvalue weighted by atomic mass is 10.1. The van der Waals surface area contributed by atoms with Gasteiger partial charge in [0, 0.05) is 29.5 Å². The van der Waals surface area contributed by atoms with Crippen molar-refractivity contribution < 1.29 is 14.5 Å². The van der Waals surface area contributed by atoms with E-state index in [1.165, 1.54) is 18.2 Å². The number of hydrogen-bond acceptors (Lipinski definition) is 4. The van der Waals surface area contributed by atoms with Crippen LogP contribution in [0.25, 0.3) is 0 Å². The third-order valence-corrected chi connectivity index (χ3v) is 3.94. The molecule has 1 amide bonds. The van der Waals surface area contributed by atoms with Crippen molar-refractivity contribution in [2.24, 2.45) is 0 Å². The summed E-state index contributed by atoms with van der Waals surface area (Å²) in [5, 5.41) is 11.9. The Morgan fingerprint density at radius 1 is 1.60 bits per heavy atom. The maximum atomic E-state index is 12.4. The Balaban J connectivity index is 2.27. The van der Waals surface area contributed by atoms with Crippen LogP contribution in [0.15, 0.2) is 18.2 Å². The third kappa shape index (κ3) is 3.28. The maximum absolute atomic E-state index is 12.4. The average molecular weight is 364 g/mol. The van der Waals surface area contributed by atoms with Crippen LogP contribution in [0.5, 0.6) is 0 Å². The summed E-state index contributed by atoms with van der Waals surface area (Å²) in [5.41, 5.74) is -0.223. The SMILES string of the molecule is O=C(c1ccc(Cl)cc1[N+](=O)[O-])N1CCOC(CBr)C1. The molecule has 6 nitrogen and oxygen atoms in total. The second kappa shape index (κ2) is 6.51. The normalized spacial score (nSPS) is 18.9. The number of nitrogens with zero attached hydrogens (tertiary/aromatic N) is 2. The van der Waals surface area contributed by atoms with Crippen LogP contribution in [0.3, 0.4) is 0 Å². The molecule has 1 aliphatic rings. The fourth-order valence-electron chi connectivity index (χ4n) is 2.00. The van der Waals surface area contributed by atoms with Gasteiger partial charge in [-0.2, -0.15) is 0 Å². The van der Waals surface area contributed by atoms with Gasteiger partial charge in [-0.3, -0.25) is 14.9 Å². The molecule has 0 radical (unpaired) electrons. The van der Waals surface area contributed by atoms with E-state index in [0.717, 1.165) is 0 Å². The van der Waals surface area contributed by atoms with Crippen LogP contribution >= 0.6 is 27.5 Å². The molecule has 1 aromatic rings. The summed E-state index contributed by atoms with van der Waals surface area (Å²) in [7, 11) is 0. The summed E-state index contributed by atoms with van der Waals surface area (Å²) in [6.07, 6.45) is -0.0981. The van der Waals surface area contributed by atoms with Crippen molar-refractivity contribution >= 4 is 39.1 Å². The Bertz CT molecular complexity index is 540. The van der Waals surface area contributed by atoms with E-state index in [0.29, 0.717) is 25.0 Å². The van der Waals surface area contributed by atoms with Crippen molar-refractivity contribution in [1.82, 2.24) is 4.90 Å². The van der Waals surface area contributed by atoms with Gasteiger partial charge in [-0.1, -0.05) is 27.5 Å². The predicted molar refractivity (Wildman–Crippen MR) is 77.5 cm³/mol. The average Bonchev–Trinajstić information content (AvgIpc) is 2.46. The fraction of sp³-hybridized carbons (Fsp3) is 0.417. The van der Waals surface area contributed by atoms with Crippen LogP contribution in [-0.4, -0.2) is 46.9 Å². The van der Waals surface area contributed by atoms with Crippen LogP contribution in [0, 0.1) is 10.1 Å². The van der Waals surface area contributed by atoms with Crippen molar-refractivity contribution in [3.63, 3.8) is 0 Å². The minimum atomic E-state index is -0.596. The van der Waals surface area contributed by atoms with Crippen LogP contribution in [0.2, 0.25) is 5.02 Å². The number of halogens is 2. The fourth-order valence-corrected chi connectivity index (χ4v) is 2.56. The molecular formula is C12H12BrClN2O4. The van der Waals surface area contributed by atoms with Crippen LogP contribution in [0.1, 0.15) is 10.4 Å². The number of benzene rings is 1. The second-order valence-corrected chi connectivity index (χ2v) is 5.40. The van der Waals surface area contributed by atoms with Gasteiger partial charge in [-0.05, 0) is 12.1 Å². The Kier molecular flexibility index (Phi) is 4.95. The highest BCUT2D eigenvalue weighted by Gasteiger charge is 2.29. The largest absolute Gasteiger partial charge is 0.374 e. The molecule has 0 saturated carbocycles. The van der Waals surface area contributed by atoms with Gasteiger partial charge in [0.1, 0.15) is 5.56 Å². The lowest BCUT2D eigenvalue weighted by molar-refractivity contribution is -0.385. The number of ether oxygens (including phenoxy) is 1. The number of alkyl halides is 1. The molecule has 20 heavy (non-hydrogen) atoms. The van der Waals surface area contributed by atoms with Crippen molar-refractivity contribution in [3.05, 3.63) is 38.9 Å². The van der Waals surface area contributed by atoms with Crippen molar-refractivity contribution in [2.45, 2.75) is 6.10 Å². The molecule has 1 unspecified atom stereocenters. The summed E-state index contributed by atoms with van der Waals surface area (Å²) in [5.74, 6) is -0.373. The monoisotopic (exact) mass is 362 g/mol. The Morgan fingerprint density at radius 3 is 3.00 bits per heavy atom. The highest BCUT2D eigenvalue weighted by Crippen LogP contribution is 2.25. The van der Waals surface area contributed by atoms with Crippen LogP contribution in [-0.2, 0) is 4.74 Å². The molecule has 0 aliphatic carbocycles. The minimum absolute atomic E-state index is 0.0506. The van der Waals surface area contributed by atoms with Gasteiger partial charge < -0.3 is 9.64 Å². The van der Waals surface area contributed by atoms with E-state index in [1.54, 1.807) is 4.90 Å². The lowest BCUT2D eigenvalue weighted by Crippen LogP contribution is -2.46. The van der Waals surface area contributed by atoms with Crippen LogP contribution < -0.4 is 0 Å². The van der Waals surface area contributed by atoms with Crippen LogP contribution in [0.4, 0.5) is 5.69 Å². The molecule has 8 heteroatoms. The standard InChI is InChI=1S/C12H12BrClN2O4/c13-6-9-7-15(3-4-20-9)12(17)10-2-1-8(14)5-11(10)16(18)19/h1-2,5,9H,3-4,6-7H2. The van der Waals surface area contributed by atoms with Crippen molar-refractivity contribution in [3.8, 4) is 0 Å². The van der Waals surface area contributed by atoms with E-state index in [1.807, 2.05) is 0 Å². The first-order valence-electron chi connectivity index (χ1n) is 5.93. The second-order valence-electron chi connectivity index (χ2n) is 4.32. The molecule has 2 rings (SSSR count). The van der Waals surface area contributed by atoms with Gasteiger partial charge in [0.15, 0.2) is 0 Å². The summed E-state index contributed by atoms with van der Waals surface area (Å²) >= 11 is 9.04. The van der Waals surface area contributed by atoms with Gasteiger partial charge in [-0.15, -0.1) is 0 Å². The number of amides is 1. The van der Waals surface area contributed by atoms with Crippen molar-refractivity contribution in [1.29, 1.82) is 0 Å². The molecule has 0 bridgehead atoms. The molecule has 1 aliphatic heterocycles. The summed E-state index contributed by atoms with van der Waals surface area (Å²) in [6, 6.07) is 4.06. The molecule has 0 N–H and O–H groups in total. The van der Waals surface area contributed by atoms with Crippen molar-refractivity contribution in [2.75, 3.05) is 25.0 Å². The number of carbonyl (C=O) groups is 1. The summed E-state index contributed by atoms with van der Waals surface area (Å²) < 4.78 is 5.44. The van der Waals surface area contributed by atoms with Gasteiger partial charge in [0.2, 0.25) is 0 Å². The number of nitro benzene ring substituents is 1. The van der Waals surface area contributed by atoms with Gasteiger partial charge >= 0.3 is 0 Å². The van der Waals surface area contributed by atoms with E-state index in [2.05, 4.69) is 15.9 Å². The Labute approximate surface area is 128 Å². The molecule has 1 fully saturated rings. The first-order chi connectivity index (χ1) is 9.52. The third-order valence-electron chi connectivity index (χ3n) is 2.98. The molecule has 1 atom stereocenters. The van der Waals surface area contributed by atoms with E-state index < -0.39 is 4.92 Å². The zero-order valence-corrected chi connectivity index (χ0v) is 12.8. The zero-order valence-electron chi connectivity index (χ0n) is 10.4. The molecule has 1 heterocycles. The van der Waals surface area contributed by atoms with Gasteiger partial charge in [-0.25, -0.2) is 0 Å². The minimum Gasteiger partial charge on any atom is -0.374 e. The number of nitro groups is 1. The Hall–Kier alpha value is -1.18. The smallest absolute Gasteiger partial charge is 0.283 e. The molecular weight excluding hydrogens is 351 g/mol. The Morgan fingerprint density at radius 2 is 2.35 bits per heavy atom. The van der Waals surface area contributed by atoms with E-state index in [-0.39, 0.29) is 28.3 Å².